The van der Waals surface area contributed by atoms with E-state index < -0.39 is 9.69 Å². The minimum Gasteiger partial charge on any atom is -0.395 e. The smallest absolute Gasteiger partial charge is 0.281 e. The molecule has 1 rings (SSSR count). The maximum Gasteiger partial charge on any atom is 0.281 e. The first kappa shape index (κ1) is 16.8. The molecule has 0 aliphatic heterocycles. The fourth-order valence-electron chi connectivity index (χ4n) is 1.68. The van der Waals surface area contributed by atoms with Crippen LogP contribution in [0.15, 0.2) is 0 Å². The second-order valence-corrected chi connectivity index (χ2v) is 6.58. The standard InChI is InChI=1S/C11H20BN4O3S/c1-4-20(18,19)12-5-6-16(7-8-17)11-14-9(2)13-10(3)15-11/h17H,4-8H2,1-3H3. The van der Waals surface area contributed by atoms with Gasteiger partial charge >= 0.3 is 0 Å². The average molecular weight is 299 g/mol. The number of aromatic nitrogens is 3. The maximum atomic E-state index is 11.4. The van der Waals surface area contributed by atoms with E-state index in [1.165, 1.54) is 6.56 Å². The minimum absolute atomic E-state index is 0.0513. The molecule has 0 bridgehead atoms. The normalized spacial score (nSPS) is 11.4. The van der Waals surface area contributed by atoms with Gasteiger partial charge in [-0.25, -0.2) is 13.4 Å². The van der Waals surface area contributed by atoms with Gasteiger partial charge in [-0.3, -0.25) is 0 Å². The van der Waals surface area contributed by atoms with Crippen LogP contribution in [0.2, 0.25) is 6.32 Å². The summed E-state index contributed by atoms with van der Waals surface area (Å²) in [6.45, 7) is 7.18. The molecule has 0 amide bonds. The molecule has 0 spiro atoms. The van der Waals surface area contributed by atoms with Crippen LogP contribution in [0.25, 0.3) is 0 Å². The topological polar surface area (TPSA) is 96.3 Å². The van der Waals surface area contributed by atoms with Crippen LogP contribution in [0.5, 0.6) is 0 Å². The van der Waals surface area contributed by atoms with Gasteiger partial charge in [0, 0.05) is 18.8 Å². The van der Waals surface area contributed by atoms with E-state index in [1.807, 2.05) is 0 Å². The molecule has 0 unspecified atom stereocenters. The molecule has 1 aromatic heterocycles. The van der Waals surface area contributed by atoms with E-state index in [0.29, 0.717) is 37.0 Å². The predicted octanol–water partition coefficient (Wildman–Crippen LogP) is -0.241. The SMILES string of the molecule is CCS(=O)(=O)[B]CCN(CCO)c1nc(C)nc(C)n1. The van der Waals surface area contributed by atoms with E-state index >= 15 is 0 Å². The Kier molecular flexibility index (Phi) is 6.34. The molecular weight excluding hydrogens is 279 g/mol. The molecule has 0 atom stereocenters. The fraction of sp³-hybridized carbons (Fsp3) is 0.727. The molecule has 1 aromatic rings. The second kappa shape index (κ2) is 7.54. The van der Waals surface area contributed by atoms with Gasteiger partial charge in [0.05, 0.1) is 16.3 Å². The van der Waals surface area contributed by atoms with E-state index in [-0.39, 0.29) is 12.4 Å². The lowest BCUT2D eigenvalue weighted by atomic mass is 10.0. The highest BCUT2D eigenvalue weighted by Gasteiger charge is 2.15. The largest absolute Gasteiger partial charge is 0.395 e. The van der Waals surface area contributed by atoms with E-state index in [0.717, 1.165) is 0 Å². The second-order valence-electron chi connectivity index (χ2n) is 4.35. The molecular formula is C11H20BN4O3S. The molecule has 0 aliphatic carbocycles. The maximum absolute atomic E-state index is 11.4. The number of hydrogen-bond donors (Lipinski definition) is 1. The third-order valence-corrected chi connectivity index (χ3v) is 4.22. The lowest BCUT2D eigenvalue weighted by Gasteiger charge is -2.21. The quantitative estimate of drug-likeness (QED) is 0.662. The molecule has 1 heterocycles. The first-order chi connectivity index (χ1) is 9.38. The molecule has 1 radical (unpaired) electrons. The summed E-state index contributed by atoms with van der Waals surface area (Å²) in [7, 11) is -3.10. The number of nitrogens with zero attached hydrogens (tertiary/aromatic N) is 4. The Morgan fingerprint density at radius 3 is 2.25 bits per heavy atom. The third kappa shape index (κ3) is 5.42. The Hall–Kier alpha value is -1.22. The first-order valence-electron chi connectivity index (χ1n) is 6.49. The van der Waals surface area contributed by atoms with Gasteiger partial charge in [-0.05, 0) is 20.2 Å². The van der Waals surface area contributed by atoms with Crippen LogP contribution >= 0.6 is 0 Å². The van der Waals surface area contributed by atoms with Crippen molar-refractivity contribution in [2.75, 3.05) is 30.3 Å². The predicted molar refractivity (Wildman–Crippen MR) is 78.6 cm³/mol. The van der Waals surface area contributed by atoms with E-state index in [4.69, 9.17) is 5.11 Å². The van der Waals surface area contributed by atoms with Crippen molar-refractivity contribution in [1.29, 1.82) is 0 Å². The summed E-state index contributed by atoms with van der Waals surface area (Å²) in [6, 6.07) is 0. The van der Waals surface area contributed by atoms with Gasteiger partial charge in [0.2, 0.25) is 5.95 Å². The minimum atomic E-state index is -3.10. The highest BCUT2D eigenvalue weighted by Crippen LogP contribution is 2.08. The van der Waals surface area contributed by atoms with Gasteiger partial charge in [0.1, 0.15) is 11.6 Å². The highest BCUT2D eigenvalue weighted by atomic mass is 32.2. The fourth-order valence-corrected chi connectivity index (χ4v) is 2.38. The Bertz CT molecular complexity index is 518. The Balaban J connectivity index is 2.73. The number of hydrogen-bond acceptors (Lipinski definition) is 7. The Morgan fingerprint density at radius 1 is 1.15 bits per heavy atom. The molecule has 0 aromatic carbocycles. The zero-order chi connectivity index (χ0) is 15.2. The van der Waals surface area contributed by atoms with Crippen LogP contribution in [0.1, 0.15) is 18.6 Å². The highest BCUT2D eigenvalue weighted by molar-refractivity contribution is 8.15. The molecule has 0 aliphatic rings. The van der Waals surface area contributed by atoms with Crippen molar-refractivity contribution >= 4 is 22.2 Å². The molecule has 9 heteroatoms. The molecule has 0 saturated carbocycles. The summed E-state index contributed by atoms with van der Waals surface area (Å²) in [6.07, 6.45) is 0.361. The summed E-state index contributed by atoms with van der Waals surface area (Å²) < 4.78 is 22.8. The van der Waals surface area contributed by atoms with Crippen LogP contribution < -0.4 is 4.90 Å². The molecule has 1 N–H and O–H groups in total. The van der Waals surface area contributed by atoms with Crippen molar-refractivity contribution < 1.29 is 13.5 Å². The van der Waals surface area contributed by atoms with Gasteiger partial charge in [-0.15, -0.1) is 0 Å². The summed E-state index contributed by atoms with van der Waals surface area (Å²) >= 11 is 0. The van der Waals surface area contributed by atoms with Crippen molar-refractivity contribution in [2.24, 2.45) is 0 Å². The van der Waals surface area contributed by atoms with Crippen LogP contribution in [0.3, 0.4) is 0 Å². The summed E-state index contributed by atoms with van der Waals surface area (Å²) in [4.78, 5) is 14.3. The van der Waals surface area contributed by atoms with Crippen molar-refractivity contribution in [1.82, 2.24) is 15.0 Å². The van der Waals surface area contributed by atoms with Crippen LogP contribution in [0, 0.1) is 13.8 Å². The Morgan fingerprint density at radius 2 is 1.75 bits per heavy atom. The molecule has 0 fully saturated rings. The zero-order valence-electron chi connectivity index (χ0n) is 12.1. The number of aliphatic hydroxyl groups excluding tert-OH is 1. The van der Waals surface area contributed by atoms with Gasteiger partial charge in [0.25, 0.3) is 6.56 Å². The lowest BCUT2D eigenvalue weighted by molar-refractivity contribution is 0.301. The summed E-state index contributed by atoms with van der Waals surface area (Å²) in [5.74, 6) is 1.75. The molecule has 111 valence electrons. The number of aryl methyl sites for hydroxylation is 2. The van der Waals surface area contributed by atoms with Crippen molar-refractivity contribution in [2.45, 2.75) is 27.1 Å². The number of aliphatic hydroxyl groups is 1. The molecule has 20 heavy (non-hydrogen) atoms. The van der Waals surface area contributed by atoms with Crippen LogP contribution in [-0.2, 0) is 9.69 Å². The molecule has 7 nitrogen and oxygen atoms in total. The number of anilines is 1. The van der Waals surface area contributed by atoms with Crippen molar-refractivity contribution in [3.63, 3.8) is 0 Å². The van der Waals surface area contributed by atoms with E-state index in [9.17, 15) is 8.42 Å². The first-order valence-corrected chi connectivity index (χ1v) is 8.20. The lowest BCUT2D eigenvalue weighted by Crippen LogP contribution is -2.31. The third-order valence-electron chi connectivity index (χ3n) is 2.67. The monoisotopic (exact) mass is 299 g/mol. The Labute approximate surface area is 120 Å². The van der Waals surface area contributed by atoms with Crippen LogP contribution in [-0.4, -0.2) is 60.5 Å². The summed E-state index contributed by atoms with van der Waals surface area (Å²) in [5, 5.41) is 9.10. The van der Waals surface area contributed by atoms with Gasteiger partial charge in [0.15, 0.2) is 0 Å². The van der Waals surface area contributed by atoms with Crippen molar-refractivity contribution in [3.8, 4) is 0 Å². The number of rotatable bonds is 8. The van der Waals surface area contributed by atoms with E-state index in [1.54, 1.807) is 25.7 Å². The average Bonchev–Trinajstić information content (AvgIpc) is 2.36. The molecule has 0 saturated heterocycles. The van der Waals surface area contributed by atoms with Gasteiger partial charge in [-0.1, -0.05) is 6.92 Å². The van der Waals surface area contributed by atoms with Gasteiger partial charge < -0.3 is 10.0 Å². The summed E-state index contributed by atoms with van der Waals surface area (Å²) in [5.41, 5.74) is 0. The van der Waals surface area contributed by atoms with E-state index in [2.05, 4.69) is 15.0 Å². The zero-order valence-corrected chi connectivity index (χ0v) is 12.9. The van der Waals surface area contributed by atoms with Gasteiger partial charge in [-0.2, -0.15) is 9.97 Å². The van der Waals surface area contributed by atoms with Crippen LogP contribution in [0.4, 0.5) is 5.95 Å². The van der Waals surface area contributed by atoms with Crippen molar-refractivity contribution in [3.05, 3.63) is 11.6 Å².